The molecule has 0 saturated heterocycles. The van der Waals surface area contributed by atoms with Gasteiger partial charge in [-0.25, -0.2) is 0 Å². The minimum Gasteiger partial charge on any atom is -0.759 e. The van der Waals surface area contributed by atoms with Gasteiger partial charge in [0.15, 0.2) is 0 Å². The Balaban J connectivity index is 0. The van der Waals surface area contributed by atoms with Gasteiger partial charge < -0.3 is 13.8 Å². The Morgan fingerprint density at radius 2 is 1.12 bits per heavy atom. The molecule has 0 aliphatic heterocycles. The van der Waals surface area contributed by atoms with Crippen molar-refractivity contribution < 1.29 is 81.4 Å². The summed E-state index contributed by atoms with van der Waals surface area (Å²) < 4.78 is 40.1. The minimum absolute atomic E-state index is 0. The first-order valence-electron chi connectivity index (χ1n) is 7.07. The van der Waals surface area contributed by atoms with Crippen molar-refractivity contribution in [3.05, 3.63) is 85.0 Å². The van der Waals surface area contributed by atoms with E-state index in [1.807, 2.05) is 48.6 Å². The van der Waals surface area contributed by atoms with Crippen LogP contribution in [0.25, 0.3) is 0 Å². The molecular formula is C18H18Na2O5S. The monoisotopic (exact) mass is 392 g/mol. The van der Waals surface area contributed by atoms with Crippen LogP contribution in [0.2, 0.25) is 0 Å². The van der Waals surface area contributed by atoms with Crippen LogP contribution in [0, 0.1) is 0 Å². The van der Waals surface area contributed by atoms with Gasteiger partial charge in [0.2, 0.25) is 0 Å². The Kier molecular flexibility index (Phi) is 15.6. The fourth-order valence-corrected chi connectivity index (χ4v) is 1.97. The maximum atomic E-state index is 8.52. The second-order valence-corrected chi connectivity index (χ2v) is 5.53. The molecular weight excluding hydrogens is 374 g/mol. The molecule has 128 valence electrons. The molecule has 0 spiro atoms. The molecule has 0 radical (unpaired) electrons. The van der Waals surface area contributed by atoms with E-state index in [-0.39, 0.29) is 59.1 Å². The molecule has 0 atom stereocenters. The van der Waals surface area contributed by atoms with E-state index in [2.05, 4.69) is 25.3 Å². The summed E-state index contributed by atoms with van der Waals surface area (Å²) in [6, 6.07) is 16.1. The third kappa shape index (κ3) is 12.1. The maximum Gasteiger partial charge on any atom is 1.00 e. The van der Waals surface area contributed by atoms with Gasteiger partial charge in [-0.1, -0.05) is 48.6 Å². The van der Waals surface area contributed by atoms with E-state index in [4.69, 9.17) is 22.3 Å². The van der Waals surface area contributed by atoms with Gasteiger partial charge in [-0.2, -0.15) is 0 Å². The minimum atomic E-state index is -5.17. The predicted molar refractivity (Wildman–Crippen MR) is 91.2 cm³/mol. The van der Waals surface area contributed by atoms with Gasteiger partial charge in [0, 0.05) is 10.4 Å². The Bertz CT molecular complexity index is 732. The molecule has 2 rings (SSSR count). The summed E-state index contributed by atoms with van der Waals surface area (Å²) in [4.78, 5) is 0. The molecule has 5 nitrogen and oxygen atoms in total. The van der Waals surface area contributed by atoms with E-state index in [1.54, 1.807) is 0 Å². The molecule has 0 amide bonds. The molecule has 0 aliphatic carbocycles. The van der Waals surface area contributed by atoms with Gasteiger partial charge in [0.1, 0.15) is 11.5 Å². The standard InChI is InChI=1S/C18H18O.2Na.H2O4S/c1-3-9-15-11-5-7-13-17(15)19-18-14-8-6-12-16(18)10-4-2;;;1-5(2,3)4/h3-8,11-14H,1-2,9-10H2;;;(H2,1,2,3,4)/q;2*+1;/p-2. The van der Waals surface area contributed by atoms with E-state index in [0.29, 0.717) is 0 Å². The number of benzene rings is 2. The summed E-state index contributed by atoms with van der Waals surface area (Å²) in [6.45, 7) is 7.56. The fraction of sp³-hybridized carbons (Fsp3) is 0.111. The molecule has 0 N–H and O–H groups in total. The van der Waals surface area contributed by atoms with E-state index in [9.17, 15) is 0 Å². The first-order valence-corrected chi connectivity index (χ1v) is 8.40. The zero-order chi connectivity index (χ0) is 18.0. The first-order chi connectivity index (χ1) is 11.3. The second-order valence-electron chi connectivity index (χ2n) is 4.71. The fourth-order valence-electron chi connectivity index (χ4n) is 1.97. The first kappa shape index (κ1) is 27.8. The van der Waals surface area contributed by atoms with E-state index in [1.165, 1.54) is 0 Å². The van der Waals surface area contributed by atoms with Crippen LogP contribution in [-0.4, -0.2) is 17.5 Å². The van der Waals surface area contributed by atoms with Gasteiger partial charge in [0.05, 0.1) is 0 Å². The molecule has 0 aliphatic rings. The normalized spacial score (nSPS) is 9.46. The SMILES string of the molecule is C=CCc1ccccc1Oc1ccccc1CC=C.O=S(=O)([O-])[O-].[Na+].[Na+]. The largest absolute Gasteiger partial charge is 1.00 e. The van der Waals surface area contributed by atoms with Crippen LogP contribution in [0.5, 0.6) is 11.5 Å². The average molecular weight is 392 g/mol. The van der Waals surface area contributed by atoms with Crippen LogP contribution in [0.4, 0.5) is 0 Å². The predicted octanol–water partition coefficient (Wildman–Crippen LogP) is -2.39. The molecule has 2 aromatic rings. The van der Waals surface area contributed by atoms with Crippen molar-refractivity contribution in [1.29, 1.82) is 0 Å². The molecule has 0 saturated carbocycles. The molecule has 26 heavy (non-hydrogen) atoms. The molecule has 0 fully saturated rings. The summed E-state index contributed by atoms with van der Waals surface area (Å²) in [5.41, 5.74) is 2.29. The van der Waals surface area contributed by atoms with E-state index < -0.39 is 10.4 Å². The van der Waals surface area contributed by atoms with E-state index >= 15 is 0 Å². The molecule has 0 aromatic heterocycles. The van der Waals surface area contributed by atoms with Crippen molar-refractivity contribution in [3.63, 3.8) is 0 Å². The van der Waals surface area contributed by atoms with E-state index in [0.717, 1.165) is 35.5 Å². The van der Waals surface area contributed by atoms with Crippen LogP contribution < -0.4 is 63.9 Å². The molecule has 0 bridgehead atoms. The van der Waals surface area contributed by atoms with Gasteiger partial charge in [0.25, 0.3) is 0 Å². The Labute approximate surface area is 199 Å². The third-order valence-corrected chi connectivity index (χ3v) is 2.89. The Morgan fingerprint density at radius 1 is 0.808 bits per heavy atom. The summed E-state index contributed by atoms with van der Waals surface area (Å²) in [5, 5.41) is 0. The van der Waals surface area contributed by atoms with Crippen molar-refractivity contribution in [1.82, 2.24) is 0 Å². The molecule has 0 unspecified atom stereocenters. The van der Waals surface area contributed by atoms with Crippen molar-refractivity contribution >= 4 is 10.4 Å². The molecule has 8 heteroatoms. The Morgan fingerprint density at radius 3 is 1.42 bits per heavy atom. The van der Waals surface area contributed by atoms with Gasteiger partial charge in [-0.15, -0.1) is 13.2 Å². The van der Waals surface area contributed by atoms with Gasteiger partial charge >= 0.3 is 59.1 Å². The number of hydrogen-bond donors (Lipinski definition) is 0. The molecule has 0 heterocycles. The van der Waals surface area contributed by atoms with Crippen molar-refractivity contribution in [2.75, 3.05) is 0 Å². The van der Waals surface area contributed by atoms with Crippen LogP contribution >= 0.6 is 0 Å². The quantitative estimate of drug-likeness (QED) is 0.237. The number of ether oxygens (including phenoxy) is 1. The summed E-state index contributed by atoms with van der Waals surface area (Å²) >= 11 is 0. The third-order valence-electron chi connectivity index (χ3n) is 2.89. The van der Waals surface area contributed by atoms with Crippen molar-refractivity contribution in [3.8, 4) is 11.5 Å². The van der Waals surface area contributed by atoms with Gasteiger partial charge in [-0.3, -0.25) is 8.42 Å². The summed E-state index contributed by atoms with van der Waals surface area (Å²) in [7, 11) is -5.17. The summed E-state index contributed by atoms with van der Waals surface area (Å²) in [6.07, 6.45) is 5.38. The number of allylic oxidation sites excluding steroid dienone is 2. The van der Waals surface area contributed by atoms with Crippen LogP contribution in [-0.2, 0) is 23.2 Å². The molecule has 2 aromatic carbocycles. The van der Waals surface area contributed by atoms with Crippen LogP contribution in [0.1, 0.15) is 11.1 Å². The second kappa shape index (κ2) is 14.6. The number of rotatable bonds is 6. The van der Waals surface area contributed by atoms with Crippen molar-refractivity contribution in [2.24, 2.45) is 0 Å². The van der Waals surface area contributed by atoms with Crippen molar-refractivity contribution in [2.45, 2.75) is 12.8 Å². The smallest absolute Gasteiger partial charge is 0.759 e. The summed E-state index contributed by atoms with van der Waals surface area (Å²) in [5.74, 6) is 1.78. The average Bonchev–Trinajstić information content (AvgIpc) is 2.50. The topological polar surface area (TPSA) is 89.5 Å². The number of para-hydroxylation sites is 2. The Hall–Kier alpha value is -0.410. The maximum absolute atomic E-state index is 8.52. The zero-order valence-electron chi connectivity index (χ0n) is 15.1. The zero-order valence-corrected chi connectivity index (χ0v) is 19.9. The number of hydrogen-bond acceptors (Lipinski definition) is 5. The van der Waals surface area contributed by atoms with Crippen LogP contribution in [0.3, 0.4) is 0 Å². The van der Waals surface area contributed by atoms with Crippen LogP contribution in [0.15, 0.2) is 73.8 Å². The van der Waals surface area contributed by atoms with Gasteiger partial charge in [-0.05, 0) is 36.1 Å².